The highest BCUT2D eigenvalue weighted by Gasteiger charge is 2.32. The molecule has 0 bridgehead atoms. The molecule has 0 aromatic carbocycles. The Bertz CT molecular complexity index is 622. The van der Waals surface area contributed by atoms with Crippen LogP contribution >= 0.6 is 27.3 Å². The van der Waals surface area contributed by atoms with E-state index < -0.39 is 5.97 Å². The van der Waals surface area contributed by atoms with Crippen molar-refractivity contribution >= 4 is 33.2 Å². The monoisotopic (exact) mass is 324 g/mol. The first kappa shape index (κ1) is 11.8. The van der Waals surface area contributed by atoms with Gasteiger partial charge in [0.15, 0.2) is 0 Å². The number of pyridine rings is 1. The standard InChI is InChI=1S/C12H9BrN2O2S/c13-7-2-1-5-14-9(7)11-15-8(6-3-4-6)10(18-11)12(16)17/h1-2,5-6H,3-4H2,(H,16,17). The molecule has 0 atom stereocenters. The van der Waals surface area contributed by atoms with E-state index in [4.69, 9.17) is 0 Å². The van der Waals surface area contributed by atoms with Crippen molar-refractivity contribution in [2.24, 2.45) is 0 Å². The molecule has 0 saturated heterocycles. The van der Waals surface area contributed by atoms with Crippen LogP contribution in [0.25, 0.3) is 10.7 Å². The van der Waals surface area contributed by atoms with Crippen molar-refractivity contribution in [3.05, 3.63) is 33.4 Å². The first-order chi connectivity index (χ1) is 8.66. The van der Waals surface area contributed by atoms with Crippen molar-refractivity contribution in [3.63, 3.8) is 0 Å². The summed E-state index contributed by atoms with van der Waals surface area (Å²) >= 11 is 4.61. The highest BCUT2D eigenvalue weighted by atomic mass is 79.9. The number of rotatable bonds is 3. The molecular formula is C12H9BrN2O2S. The number of halogens is 1. The average Bonchev–Trinajstić information content (AvgIpc) is 3.09. The van der Waals surface area contributed by atoms with Crippen molar-refractivity contribution in [1.29, 1.82) is 0 Å². The molecule has 92 valence electrons. The number of hydrogen-bond donors (Lipinski definition) is 1. The van der Waals surface area contributed by atoms with Gasteiger partial charge in [-0.3, -0.25) is 4.98 Å². The molecule has 3 rings (SSSR count). The maximum absolute atomic E-state index is 11.2. The Labute approximate surface area is 116 Å². The van der Waals surface area contributed by atoms with Crippen LogP contribution in [0.1, 0.15) is 34.1 Å². The molecule has 0 aliphatic heterocycles. The minimum atomic E-state index is -0.896. The summed E-state index contributed by atoms with van der Waals surface area (Å²) in [5.74, 6) is -0.573. The average molecular weight is 325 g/mol. The molecule has 4 nitrogen and oxygen atoms in total. The summed E-state index contributed by atoms with van der Waals surface area (Å²) in [6, 6.07) is 3.70. The van der Waals surface area contributed by atoms with Crippen LogP contribution in [0.3, 0.4) is 0 Å². The van der Waals surface area contributed by atoms with Crippen molar-refractivity contribution in [3.8, 4) is 10.7 Å². The van der Waals surface area contributed by atoms with Crippen LogP contribution in [-0.4, -0.2) is 21.0 Å². The number of nitrogens with zero attached hydrogens (tertiary/aromatic N) is 2. The van der Waals surface area contributed by atoms with Gasteiger partial charge in [-0.2, -0.15) is 0 Å². The zero-order chi connectivity index (χ0) is 12.7. The van der Waals surface area contributed by atoms with Crippen molar-refractivity contribution in [2.75, 3.05) is 0 Å². The van der Waals surface area contributed by atoms with Gasteiger partial charge in [-0.1, -0.05) is 0 Å². The Balaban J connectivity index is 2.11. The molecule has 0 radical (unpaired) electrons. The van der Waals surface area contributed by atoms with Gasteiger partial charge in [-0.25, -0.2) is 9.78 Å². The zero-order valence-corrected chi connectivity index (χ0v) is 11.7. The lowest BCUT2D eigenvalue weighted by Crippen LogP contribution is -1.97. The van der Waals surface area contributed by atoms with E-state index >= 15 is 0 Å². The Morgan fingerprint density at radius 2 is 2.28 bits per heavy atom. The topological polar surface area (TPSA) is 63.1 Å². The summed E-state index contributed by atoms with van der Waals surface area (Å²) in [5.41, 5.74) is 1.43. The predicted molar refractivity (Wildman–Crippen MR) is 72.0 cm³/mol. The summed E-state index contributed by atoms with van der Waals surface area (Å²) in [6.45, 7) is 0. The van der Waals surface area contributed by atoms with E-state index in [1.54, 1.807) is 6.20 Å². The van der Waals surface area contributed by atoms with E-state index in [-0.39, 0.29) is 0 Å². The number of carboxylic acid groups (broad SMARTS) is 1. The summed E-state index contributed by atoms with van der Waals surface area (Å²) in [5, 5.41) is 9.88. The van der Waals surface area contributed by atoms with Crippen LogP contribution in [0.4, 0.5) is 0 Å². The molecule has 18 heavy (non-hydrogen) atoms. The van der Waals surface area contributed by atoms with Crippen LogP contribution in [-0.2, 0) is 0 Å². The quantitative estimate of drug-likeness (QED) is 0.937. The van der Waals surface area contributed by atoms with E-state index in [0.717, 1.165) is 23.0 Å². The third-order valence-corrected chi connectivity index (χ3v) is 4.48. The smallest absolute Gasteiger partial charge is 0.347 e. The van der Waals surface area contributed by atoms with Crippen molar-refractivity contribution in [1.82, 2.24) is 9.97 Å². The normalized spacial score (nSPS) is 14.7. The molecule has 2 heterocycles. The molecule has 1 N–H and O–H groups in total. The minimum absolute atomic E-state index is 0.323. The van der Waals surface area contributed by atoms with E-state index in [1.165, 1.54) is 11.3 Å². The minimum Gasteiger partial charge on any atom is -0.477 e. The second-order valence-corrected chi connectivity index (χ2v) is 6.00. The second kappa shape index (κ2) is 4.44. The lowest BCUT2D eigenvalue weighted by molar-refractivity contribution is 0.0700. The molecule has 1 aliphatic carbocycles. The maximum Gasteiger partial charge on any atom is 0.347 e. The number of aromatic nitrogens is 2. The molecule has 0 unspecified atom stereocenters. The zero-order valence-electron chi connectivity index (χ0n) is 9.26. The number of hydrogen-bond acceptors (Lipinski definition) is 4. The number of carbonyl (C=O) groups is 1. The van der Waals surface area contributed by atoms with Gasteiger partial charge >= 0.3 is 5.97 Å². The van der Waals surface area contributed by atoms with Crippen LogP contribution in [0.5, 0.6) is 0 Å². The highest BCUT2D eigenvalue weighted by molar-refractivity contribution is 9.10. The third-order valence-electron chi connectivity index (χ3n) is 2.77. The van der Waals surface area contributed by atoms with Gasteiger partial charge in [-0.15, -0.1) is 11.3 Å². The molecule has 0 spiro atoms. The fourth-order valence-electron chi connectivity index (χ4n) is 1.76. The fraction of sp³-hybridized carbons (Fsp3) is 0.250. The number of carboxylic acids is 1. The van der Waals surface area contributed by atoms with Gasteiger partial charge in [0, 0.05) is 16.6 Å². The summed E-state index contributed by atoms with van der Waals surface area (Å²) in [6.07, 6.45) is 3.75. The molecule has 2 aromatic rings. The Hall–Kier alpha value is -1.27. The molecule has 2 aromatic heterocycles. The summed E-state index contributed by atoms with van der Waals surface area (Å²) in [7, 11) is 0. The van der Waals surface area contributed by atoms with Crippen LogP contribution < -0.4 is 0 Å². The van der Waals surface area contributed by atoms with E-state index in [0.29, 0.717) is 21.5 Å². The molecule has 1 fully saturated rings. The number of aromatic carboxylic acids is 1. The van der Waals surface area contributed by atoms with Crippen molar-refractivity contribution < 1.29 is 9.90 Å². The summed E-state index contributed by atoms with van der Waals surface area (Å²) in [4.78, 5) is 20.3. The van der Waals surface area contributed by atoms with Crippen LogP contribution in [0, 0.1) is 0 Å². The molecule has 6 heteroatoms. The second-order valence-electron chi connectivity index (χ2n) is 4.15. The first-order valence-corrected chi connectivity index (χ1v) is 7.12. The fourth-order valence-corrected chi connectivity index (χ4v) is 3.34. The Morgan fingerprint density at radius 3 is 2.89 bits per heavy atom. The predicted octanol–water partition coefficient (Wildman–Crippen LogP) is 3.54. The highest BCUT2D eigenvalue weighted by Crippen LogP contribution is 2.44. The van der Waals surface area contributed by atoms with Crippen LogP contribution in [0.2, 0.25) is 0 Å². The molecule has 0 amide bonds. The third kappa shape index (κ3) is 2.06. The molecule has 1 saturated carbocycles. The van der Waals surface area contributed by atoms with Gasteiger partial charge in [-0.05, 0) is 40.9 Å². The first-order valence-electron chi connectivity index (χ1n) is 5.51. The largest absolute Gasteiger partial charge is 0.477 e. The molecule has 1 aliphatic rings. The van der Waals surface area contributed by atoms with E-state index in [9.17, 15) is 9.90 Å². The number of thiazole rings is 1. The Kier molecular flexibility index (Phi) is 2.91. The van der Waals surface area contributed by atoms with Gasteiger partial charge in [0.25, 0.3) is 0 Å². The molecular weight excluding hydrogens is 316 g/mol. The maximum atomic E-state index is 11.2. The van der Waals surface area contributed by atoms with Gasteiger partial charge in [0.05, 0.1) is 5.69 Å². The van der Waals surface area contributed by atoms with Gasteiger partial charge < -0.3 is 5.11 Å². The lowest BCUT2D eigenvalue weighted by atomic mass is 10.2. The van der Waals surface area contributed by atoms with Crippen LogP contribution in [0.15, 0.2) is 22.8 Å². The summed E-state index contributed by atoms with van der Waals surface area (Å²) < 4.78 is 0.832. The SMILES string of the molecule is O=C(O)c1sc(-c2ncccc2Br)nc1C1CC1. The Morgan fingerprint density at radius 1 is 1.50 bits per heavy atom. The van der Waals surface area contributed by atoms with Crippen molar-refractivity contribution in [2.45, 2.75) is 18.8 Å². The van der Waals surface area contributed by atoms with E-state index in [2.05, 4.69) is 25.9 Å². The lowest BCUT2D eigenvalue weighted by Gasteiger charge is -1.97. The van der Waals surface area contributed by atoms with E-state index in [1.807, 2.05) is 12.1 Å². The van der Waals surface area contributed by atoms with Gasteiger partial charge in [0.1, 0.15) is 15.6 Å². The van der Waals surface area contributed by atoms with Gasteiger partial charge in [0.2, 0.25) is 0 Å².